The molecule has 0 aromatic rings. The molecule has 0 aliphatic carbocycles. The van der Waals surface area contributed by atoms with E-state index in [-0.39, 0.29) is 51.4 Å². The third-order valence-corrected chi connectivity index (χ3v) is 1.56. The summed E-state index contributed by atoms with van der Waals surface area (Å²) in [4.78, 5) is 2.28. The molecule has 0 N–H and O–H groups in total. The van der Waals surface area contributed by atoms with Gasteiger partial charge in [0, 0.05) is 6.04 Å². The molecule has 0 radical (unpaired) electrons. The molecule has 0 fully saturated rings. The second-order valence-electron chi connectivity index (χ2n) is 2.61. The van der Waals surface area contributed by atoms with Gasteiger partial charge in [-0.1, -0.05) is 13.8 Å². The van der Waals surface area contributed by atoms with Gasteiger partial charge in [0.05, 0.1) is 0 Å². The van der Waals surface area contributed by atoms with E-state index < -0.39 is 0 Å². The van der Waals surface area contributed by atoms with E-state index in [1.54, 1.807) is 0 Å². The summed E-state index contributed by atoms with van der Waals surface area (Å²) < 4.78 is 0. The summed E-state index contributed by atoms with van der Waals surface area (Å²) in [6.45, 7) is 10.4. The van der Waals surface area contributed by atoms with Crippen LogP contribution in [0.15, 0.2) is 0 Å². The molecular formula is C9H23KN2. The van der Waals surface area contributed by atoms with Gasteiger partial charge in [0.15, 0.2) is 0 Å². The first-order valence-corrected chi connectivity index (χ1v) is 4.44. The quantitative estimate of drug-likeness (QED) is 0.549. The van der Waals surface area contributed by atoms with Crippen LogP contribution < -0.4 is 51.4 Å². The van der Waals surface area contributed by atoms with E-state index in [2.05, 4.69) is 31.1 Å². The van der Waals surface area contributed by atoms with Crippen molar-refractivity contribution in [3.63, 3.8) is 0 Å². The van der Waals surface area contributed by atoms with Crippen molar-refractivity contribution in [2.24, 2.45) is 0 Å². The molecule has 70 valence electrons. The Bertz CT molecular complexity index is 67.5. The van der Waals surface area contributed by atoms with Crippen molar-refractivity contribution in [3.05, 3.63) is 5.32 Å². The average Bonchev–Trinajstić information content (AvgIpc) is 2.03. The summed E-state index contributed by atoms with van der Waals surface area (Å²) >= 11 is 0. The molecule has 0 spiro atoms. The zero-order valence-corrected chi connectivity index (χ0v) is 13.0. The number of likely N-dealkylation sites (N-methyl/N-ethyl adjacent to an activating group) is 2. The van der Waals surface area contributed by atoms with E-state index in [0.29, 0.717) is 6.04 Å². The Hall–Kier alpha value is 1.56. The number of hydrogen-bond acceptors (Lipinski definition) is 1. The summed E-state index contributed by atoms with van der Waals surface area (Å²) in [5.74, 6) is 0. The van der Waals surface area contributed by atoms with Crippen LogP contribution in [0.2, 0.25) is 0 Å². The molecule has 0 saturated carbocycles. The SMILES string of the molecule is CC.C[N-]CCN(C)C(C)C.[K+]. The molecule has 0 aliphatic rings. The topological polar surface area (TPSA) is 17.3 Å². The second kappa shape index (κ2) is 15.0. The van der Waals surface area contributed by atoms with Gasteiger partial charge in [0.25, 0.3) is 0 Å². The van der Waals surface area contributed by atoms with Crippen molar-refractivity contribution in [1.29, 1.82) is 0 Å². The summed E-state index contributed by atoms with van der Waals surface area (Å²) in [5, 5.41) is 4.02. The normalized spacial score (nSPS) is 9.00. The van der Waals surface area contributed by atoms with Crippen LogP contribution in [0.25, 0.3) is 5.32 Å². The van der Waals surface area contributed by atoms with Crippen LogP contribution in [-0.2, 0) is 0 Å². The molecule has 0 unspecified atom stereocenters. The molecular weight excluding hydrogens is 175 g/mol. The van der Waals surface area contributed by atoms with Gasteiger partial charge < -0.3 is 10.2 Å². The van der Waals surface area contributed by atoms with Crippen molar-refractivity contribution >= 4 is 0 Å². The third kappa shape index (κ3) is 14.1. The van der Waals surface area contributed by atoms with Crippen LogP contribution in [0.5, 0.6) is 0 Å². The van der Waals surface area contributed by atoms with Gasteiger partial charge in [-0.2, -0.15) is 7.05 Å². The molecule has 12 heavy (non-hydrogen) atoms. The standard InChI is InChI=1S/C7H17N2.C2H6.K/c1-7(2)9(4)6-5-8-3;1-2;/h7H,5-6H2,1-4H3;1-2H3;/q-1;;+1. The smallest absolute Gasteiger partial charge is 0.664 e. The van der Waals surface area contributed by atoms with E-state index in [4.69, 9.17) is 0 Å². The van der Waals surface area contributed by atoms with Gasteiger partial charge in [-0.3, -0.25) is 0 Å². The van der Waals surface area contributed by atoms with Gasteiger partial charge in [0.2, 0.25) is 0 Å². The Labute approximate surface area is 121 Å². The van der Waals surface area contributed by atoms with E-state index >= 15 is 0 Å². The molecule has 0 aromatic heterocycles. The average molecular weight is 198 g/mol. The first-order chi connectivity index (χ1) is 5.18. The first-order valence-electron chi connectivity index (χ1n) is 4.44. The van der Waals surface area contributed by atoms with Gasteiger partial charge >= 0.3 is 51.4 Å². The van der Waals surface area contributed by atoms with Crippen LogP contribution in [0, 0.1) is 0 Å². The second-order valence-corrected chi connectivity index (χ2v) is 2.61. The number of nitrogens with zero attached hydrogens (tertiary/aromatic N) is 2. The largest absolute Gasteiger partial charge is 1.00 e. The minimum atomic E-state index is 0. The fourth-order valence-electron chi connectivity index (χ4n) is 0.516. The van der Waals surface area contributed by atoms with Crippen molar-refractivity contribution in [3.8, 4) is 0 Å². The van der Waals surface area contributed by atoms with Crippen LogP contribution in [0.1, 0.15) is 27.7 Å². The van der Waals surface area contributed by atoms with Gasteiger partial charge in [-0.25, -0.2) is 0 Å². The molecule has 0 rings (SSSR count). The third-order valence-electron chi connectivity index (χ3n) is 1.56. The molecule has 0 atom stereocenters. The van der Waals surface area contributed by atoms with E-state index in [0.717, 1.165) is 13.1 Å². The van der Waals surface area contributed by atoms with Crippen LogP contribution in [0.3, 0.4) is 0 Å². The molecule has 0 heterocycles. The van der Waals surface area contributed by atoms with Crippen molar-refractivity contribution in [2.75, 3.05) is 27.2 Å². The number of rotatable bonds is 4. The molecule has 3 heteroatoms. The summed E-state index contributed by atoms with van der Waals surface area (Å²) in [6, 6.07) is 0.645. The summed E-state index contributed by atoms with van der Waals surface area (Å²) in [5.41, 5.74) is 0. The predicted octanol–water partition coefficient (Wildman–Crippen LogP) is -0.640. The summed E-state index contributed by atoms with van der Waals surface area (Å²) in [6.07, 6.45) is 0. The van der Waals surface area contributed by atoms with Gasteiger partial charge in [0.1, 0.15) is 0 Å². The van der Waals surface area contributed by atoms with Crippen LogP contribution in [0.4, 0.5) is 0 Å². The Morgan fingerprint density at radius 2 is 1.67 bits per heavy atom. The predicted molar refractivity (Wildman–Crippen MR) is 53.3 cm³/mol. The maximum absolute atomic E-state index is 4.02. The minimum absolute atomic E-state index is 0. The van der Waals surface area contributed by atoms with Gasteiger partial charge in [-0.05, 0) is 27.4 Å². The van der Waals surface area contributed by atoms with Crippen molar-refractivity contribution < 1.29 is 51.4 Å². The molecule has 0 aliphatic heterocycles. The molecule has 0 amide bonds. The maximum atomic E-state index is 4.02. The fraction of sp³-hybridized carbons (Fsp3) is 1.00. The Morgan fingerprint density at radius 1 is 1.25 bits per heavy atom. The Morgan fingerprint density at radius 3 is 1.92 bits per heavy atom. The zero-order chi connectivity index (χ0) is 9.28. The number of hydrogen-bond donors (Lipinski definition) is 0. The van der Waals surface area contributed by atoms with E-state index in [1.165, 1.54) is 0 Å². The van der Waals surface area contributed by atoms with Crippen LogP contribution >= 0.6 is 0 Å². The Balaban J connectivity index is -0.000000249. The fourth-order valence-corrected chi connectivity index (χ4v) is 0.516. The Kier molecular flexibility index (Phi) is 24.1. The first kappa shape index (κ1) is 19.2. The molecule has 0 bridgehead atoms. The monoisotopic (exact) mass is 198 g/mol. The molecule has 2 nitrogen and oxygen atoms in total. The van der Waals surface area contributed by atoms with Crippen molar-refractivity contribution in [2.45, 2.75) is 33.7 Å². The minimum Gasteiger partial charge on any atom is -0.664 e. The van der Waals surface area contributed by atoms with E-state index in [9.17, 15) is 0 Å². The maximum Gasteiger partial charge on any atom is 1.00 e. The van der Waals surface area contributed by atoms with Crippen molar-refractivity contribution in [1.82, 2.24) is 4.90 Å². The van der Waals surface area contributed by atoms with Gasteiger partial charge in [-0.15, -0.1) is 6.54 Å². The van der Waals surface area contributed by atoms with E-state index in [1.807, 2.05) is 20.9 Å². The van der Waals surface area contributed by atoms with Crippen LogP contribution in [-0.4, -0.2) is 38.1 Å². The summed E-state index contributed by atoms with van der Waals surface area (Å²) in [7, 11) is 3.98. The zero-order valence-electron chi connectivity index (χ0n) is 9.89. The molecule has 0 saturated heterocycles. The molecule has 0 aromatic carbocycles.